The number of carbonyl (C=O) groups is 2. The van der Waals surface area contributed by atoms with Crippen molar-refractivity contribution in [1.29, 1.82) is 0 Å². The first-order chi connectivity index (χ1) is 19.9. The Bertz CT molecular complexity index is 1540. The molecule has 41 heavy (non-hydrogen) atoms. The third-order valence-electron chi connectivity index (χ3n) is 6.83. The number of nitrogens with one attached hydrogen (secondary N) is 1. The molecule has 1 aliphatic rings. The number of rotatable bonds is 10. The summed E-state index contributed by atoms with van der Waals surface area (Å²) in [5.74, 6) is -0.790. The van der Waals surface area contributed by atoms with Crippen LogP contribution < -0.4 is 5.32 Å². The molecular weight excluding hydrogens is 540 g/mol. The molecule has 0 aliphatic carbocycles. The molecule has 2 atom stereocenters. The van der Waals surface area contributed by atoms with E-state index in [2.05, 4.69) is 24.4 Å². The summed E-state index contributed by atoms with van der Waals surface area (Å²) in [4.78, 5) is 29.9. The van der Waals surface area contributed by atoms with Gasteiger partial charge in [0.05, 0.1) is 29.5 Å². The Morgan fingerprint density at radius 3 is 2.59 bits per heavy atom. The number of thiazole rings is 1. The number of aromatic nitrogens is 1. The zero-order valence-corrected chi connectivity index (χ0v) is 23.8. The number of amides is 1. The summed E-state index contributed by atoms with van der Waals surface area (Å²) in [6, 6.07) is 20.9. The molecule has 0 spiro atoms. The number of fused-ring (bicyclic) bond motifs is 1. The summed E-state index contributed by atoms with van der Waals surface area (Å²) in [6.45, 7) is 2.56. The molecule has 5 rings (SSSR count). The van der Waals surface area contributed by atoms with Gasteiger partial charge in [0.2, 0.25) is 6.29 Å². The molecule has 2 unspecified atom stereocenters. The molecule has 0 radical (unpaired) electrons. The fourth-order valence-electron chi connectivity index (χ4n) is 4.61. The van der Waals surface area contributed by atoms with Gasteiger partial charge in [0, 0.05) is 30.2 Å². The van der Waals surface area contributed by atoms with Gasteiger partial charge in [-0.25, -0.2) is 9.78 Å². The number of carbonyl (C=O) groups excluding carboxylic acids is 2. The average molecular weight is 573 g/mol. The lowest BCUT2D eigenvalue weighted by atomic mass is 9.92. The lowest BCUT2D eigenvalue weighted by Gasteiger charge is -2.29. The van der Waals surface area contributed by atoms with Gasteiger partial charge in [0.15, 0.2) is 5.76 Å². The van der Waals surface area contributed by atoms with E-state index in [1.165, 1.54) is 12.7 Å². The molecule has 1 amide bonds. The van der Waals surface area contributed by atoms with Crippen molar-refractivity contribution in [3.05, 3.63) is 95.3 Å². The van der Waals surface area contributed by atoms with Crippen molar-refractivity contribution < 1.29 is 28.9 Å². The number of ether oxygens (including phenoxy) is 3. The average Bonchev–Trinajstić information content (AvgIpc) is 3.42. The Labute approximate surface area is 242 Å². The number of benzene rings is 3. The van der Waals surface area contributed by atoms with Crippen LogP contribution in [0.15, 0.2) is 78.6 Å². The van der Waals surface area contributed by atoms with Gasteiger partial charge >= 0.3 is 5.97 Å². The SMILES string of the molecule is COC(=O)c1ccc(C2C=C(C(=O)Nc3ccc(-c4nc5ccc(C)cc5s4)cc3)OC(OCCCCO)C2)cc1. The summed E-state index contributed by atoms with van der Waals surface area (Å²) < 4.78 is 17.8. The highest BCUT2D eigenvalue weighted by Crippen LogP contribution is 2.33. The van der Waals surface area contributed by atoms with Gasteiger partial charge in [-0.05, 0) is 85.5 Å². The maximum absolute atomic E-state index is 13.3. The second kappa shape index (κ2) is 13.1. The number of hydrogen-bond acceptors (Lipinski definition) is 8. The summed E-state index contributed by atoms with van der Waals surface area (Å²) in [5.41, 5.74) is 5.14. The molecule has 9 heteroatoms. The molecule has 1 aliphatic heterocycles. The largest absolute Gasteiger partial charge is 0.465 e. The fraction of sp³-hybridized carbons (Fsp3) is 0.281. The monoisotopic (exact) mass is 572 g/mol. The van der Waals surface area contributed by atoms with Crippen molar-refractivity contribution in [3.8, 4) is 10.6 Å². The minimum Gasteiger partial charge on any atom is -0.465 e. The maximum atomic E-state index is 13.3. The lowest BCUT2D eigenvalue weighted by molar-refractivity contribution is -0.143. The number of anilines is 1. The minimum atomic E-state index is -0.630. The molecule has 1 aromatic heterocycles. The summed E-state index contributed by atoms with van der Waals surface area (Å²) in [6.07, 6.45) is 2.97. The number of methoxy groups -OCH3 is 1. The topological polar surface area (TPSA) is 107 Å². The van der Waals surface area contributed by atoms with Crippen LogP contribution in [0.1, 0.15) is 46.7 Å². The molecule has 0 saturated heterocycles. The lowest BCUT2D eigenvalue weighted by Crippen LogP contribution is -2.29. The third kappa shape index (κ3) is 7.00. The van der Waals surface area contributed by atoms with Crippen LogP contribution in [0.2, 0.25) is 0 Å². The number of nitrogens with zero attached hydrogens (tertiary/aromatic N) is 1. The van der Waals surface area contributed by atoms with Crippen LogP contribution in [-0.2, 0) is 19.0 Å². The molecule has 4 aromatic rings. The number of allylic oxidation sites excluding steroid dienone is 1. The molecule has 0 bridgehead atoms. The fourth-order valence-corrected chi connectivity index (χ4v) is 5.68. The van der Waals surface area contributed by atoms with Gasteiger partial charge in [-0.2, -0.15) is 0 Å². The standard InChI is InChI=1S/C32H32N2O6S/c1-20-5-14-26-28(17-20)41-31(34-26)22-10-12-25(13-11-22)33-30(36)27-18-24(19-29(40-27)39-16-4-3-15-35)21-6-8-23(9-7-21)32(37)38-2/h5-14,17-18,24,29,35H,3-4,15-16,19H2,1-2H3,(H,33,36). The third-order valence-corrected chi connectivity index (χ3v) is 7.90. The van der Waals surface area contributed by atoms with E-state index in [4.69, 9.17) is 24.3 Å². The van der Waals surface area contributed by atoms with Gasteiger partial charge in [-0.3, -0.25) is 4.79 Å². The van der Waals surface area contributed by atoms with Crippen LogP contribution in [0.4, 0.5) is 5.69 Å². The number of unbranched alkanes of at least 4 members (excludes halogenated alkanes) is 1. The molecule has 3 aromatic carbocycles. The van der Waals surface area contributed by atoms with E-state index in [9.17, 15) is 9.59 Å². The Morgan fingerprint density at radius 2 is 1.85 bits per heavy atom. The van der Waals surface area contributed by atoms with E-state index < -0.39 is 12.3 Å². The van der Waals surface area contributed by atoms with Gasteiger partial charge < -0.3 is 24.6 Å². The van der Waals surface area contributed by atoms with E-state index in [0.717, 1.165) is 26.4 Å². The van der Waals surface area contributed by atoms with Gasteiger partial charge in [-0.15, -0.1) is 11.3 Å². The minimum absolute atomic E-state index is 0.0923. The van der Waals surface area contributed by atoms with E-state index in [1.807, 2.05) is 42.5 Å². The molecule has 2 heterocycles. The van der Waals surface area contributed by atoms with Crippen molar-refractivity contribution in [2.75, 3.05) is 25.6 Å². The Hall–Kier alpha value is -4.05. The Kier molecular flexibility index (Phi) is 9.08. The predicted octanol–water partition coefficient (Wildman–Crippen LogP) is 6.20. The zero-order chi connectivity index (χ0) is 28.8. The Balaban J connectivity index is 1.31. The van der Waals surface area contributed by atoms with Crippen LogP contribution in [0.25, 0.3) is 20.8 Å². The first kappa shape index (κ1) is 28.5. The van der Waals surface area contributed by atoms with Crippen molar-refractivity contribution in [2.45, 2.75) is 38.4 Å². The van der Waals surface area contributed by atoms with Crippen LogP contribution in [-0.4, -0.2) is 48.6 Å². The van der Waals surface area contributed by atoms with Crippen molar-refractivity contribution in [1.82, 2.24) is 4.98 Å². The number of aliphatic hydroxyl groups excluding tert-OH is 1. The second-order valence-electron chi connectivity index (χ2n) is 9.86. The van der Waals surface area contributed by atoms with Gasteiger partial charge in [0.1, 0.15) is 5.01 Å². The normalized spacial score (nSPS) is 16.6. The van der Waals surface area contributed by atoms with Gasteiger partial charge in [-0.1, -0.05) is 18.2 Å². The highest BCUT2D eigenvalue weighted by Gasteiger charge is 2.29. The number of aryl methyl sites for hydroxylation is 1. The first-order valence-electron chi connectivity index (χ1n) is 13.5. The summed E-state index contributed by atoms with van der Waals surface area (Å²) in [5, 5.41) is 12.9. The van der Waals surface area contributed by atoms with E-state index in [1.54, 1.807) is 29.5 Å². The molecule has 212 valence electrons. The molecule has 2 N–H and O–H groups in total. The summed E-state index contributed by atoms with van der Waals surface area (Å²) >= 11 is 1.64. The van der Waals surface area contributed by atoms with Gasteiger partial charge in [0.25, 0.3) is 5.91 Å². The predicted molar refractivity (Wildman–Crippen MR) is 159 cm³/mol. The molecular formula is C32H32N2O6S. The van der Waals surface area contributed by atoms with Crippen molar-refractivity contribution >= 4 is 39.1 Å². The molecule has 8 nitrogen and oxygen atoms in total. The zero-order valence-electron chi connectivity index (χ0n) is 23.0. The first-order valence-corrected chi connectivity index (χ1v) is 14.3. The van der Waals surface area contributed by atoms with Crippen molar-refractivity contribution in [3.63, 3.8) is 0 Å². The molecule has 0 fully saturated rings. The number of esters is 1. The number of hydrogen-bond donors (Lipinski definition) is 2. The second-order valence-corrected chi connectivity index (χ2v) is 10.9. The van der Waals surface area contributed by atoms with Crippen LogP contribution >= 0.6 is 11.3 Å². The number of aliphatic hydroxyl groups is 1. The van der Waals surface area contributed by atoms with Crippen molar-refractivity contribution in [2.24, 2.45) is 0 Å². The quantitative estimate of drug-likeness (QED) is 0.172. The molecule has 0 saturated carbocycles. The highest BCUT2D eigenvalue weighted by atomic mass is 32.1. The van der Waals surface area contributed by atoms with E-state index >= 15 is 0 Å². The van der Waals surface area contributed by atoms with E-state index in [-0.39, 0.29) is 24.2 Å². The summed E-state index contributed by atoms with van der Waals surface area (Å²) in [7, 11) is 1.34. The smallest absolute Gasteiger partial charge is 0.337 e. The Morgan fingerprint density at radius 1 is 1.07 bits per heavy atom. The van der Waals surface area contributed by atoms with Crippen LogP contribution in [0, 0.1) is 6.92 Å². The maximum Gasteiger partial charge on any atom is 0.337 e. The van der Waals surface area contributed by atoms with Crippen LogP contribution in [0.5, 0.6) is 0 Å². The van der Waals surface area contributed by atoms with Crippen LogP contribution in [0.3, 0.4) is 0 Å². The highest BCUT2D eigenvalue weighted by molar-refractivity contribution is 7.21. The van der Waals surface area contributed by atoms with E-state index in [0.29, 0.717) is 37.1 Å².